The van der Waals surface area contributed by atoms with E-state index in [0.717, 1.165) is 6.07 Å². The quantitative estimate of drug-likeness (QED) is 0.715. The number of aliphatic carboxylic acids is 1. The Morgan fingerprint density at radius 1 is 1.56 bits per heavy atom. The van der Waals surface area contributed by atoms with Crippen LogP contribution >= 0.6 is 0 Å². The Balaban J connectivity index is 2.65. The highest BCUT2D eigenvalue weighted by atomic mass is 19.1. The molecule has 0 radical (unpaired) electrons. The van der Waals surface area contributed by atoms with E-state index in [0.29, 0.717) is 0 Å². The van der Waals surface area contributed by atoms with Crippen LogP contribution in [-0.4, -0.2) is 30.1 Å². The van der Waals surface area contributed by atoms with Crippen LogP contribution in [0.2, 0.25) is 0 Å². The maximum absolute atomic E-state index is 13.3. The van der Waals surface area contributed by atoms with Gasteiger partial charge in [-0.3, -0.25) is 9.59 Å². The number of anilines is 1. The fraction of sp³-hybridized carbons (Fsp3) is 0.273. The third kappa shape index (κ3) is 3.70. The third-order valence-corrected chi connectivity index (χ3v) is 2.16. The summed E-state index contributed by atoms with van der Waals surface area (Å²) in [5.74, 6) is -2.45. The number of benzene rings is 1. The van der Waals surface area contributed by atoms with Gasteiger partial charge in [0.25, 0.3) is 0 Å². The summed E-state index contributed by atoms with van der Waals surface area (Å²) in [4.78, 5) is 21.8. The number of carbonyl (C=O) groups excluding carboxylic acids is 1. The first-order chi connectivity index (χ1) is 8.43. The highest BCUT2D eigenvalue weighted by Gasteiger charge is 2.16. The van der Waals surface area contributed by atoms with Gasteiger partial charge in [0.15, 0.2) is 11.6 Å². The van der Waals surface area contributed by atoms with Gasteiger partial charge in [0.05, 0.1) is 13.5 Å². The topological polar surface area (TPSA) is 102 Å². The van der Waals surface area contributed by atoms with Crippen LogP contribution in [0.15, 0.2) is 18.2 Å². The van der Waals surface area contributed by atoms with Crippen molar-refractivity contribution in [2.45, 2.75) is 12.5 Å². The van der Waals surface area contributed by atoms with Crippen molar-refractivity contribution in [3.05, 3.63) is 24.0 Å². The van der Waals surface area contributed by atoms with E-state index in [1.807, 2.05) is 0 Å². The zero-order valence-electron chi connectivity index (χ0n) is 9.64. The molecule has 1 amide bonds. The second kappa shape index (κ2) is 5.97. The first-order valence-electron chi connectivity index (χ1n) is 5.06. The Kier molecular flexibility index (Phi) is 4.61. The lowest BCUT2D eigenvalue weighted by molar-refractivity contribution is -0.140. The van der Waals surface area contributed by atoms with Crippen molar-refractivity contribution in [3.8, 4) is 5.75 Å². The normalized spacial score (nSPS) is 11.7. The van der Waals surface area contributed by atoms with Gasteiger partial charge in [0.2, 0.25) is 5.91 Å². The number of ether oxygens (including phenoxy) is 1. The van der Waals surface area contributed by atoms with Crippen LogP contribution in [0.3, 0.4) is 0 Å². The number of carboxylic acids is 1. The molecular weight excluding hydrogens is 243 g/mol. The van der Waals surface area contributed by atoms with E-state index in [1.54, 1.807) is 0 Å². The summed E-state index contributed by atoms with van der Waals surface area (Å²) in [7, 11) is 1.32. The van der Waals surface area contributed by atoms with Gasteiger partial charge in [0.1, 0.15) is 6.04 Å². The molecule has 0 aromatic heterocycles. The smallest absolute Gasteiger partial charge is 0.321 e. The Hall–Kier alpha value is -2.15. The van der Waals surface area contributed by atoms with Crippen molar-refractivity contribution >= 4 is 17.6 Å². The molecule has 4 N–H and O–H groups in total. The molecule has 1 aromatic rings. The number of carboxylic acid groups (broad SMARTS) is 1. The highest BCUT2D eigenvalue weighted by Crippen LogP contribution is 2.20. The van der Waals surface area contributed by atoms with Crippen molar-refractivity contribution < 1.29 is 23.8 Å². The molecule has 0 saturated carbocycles. The van der Waals surface area contributed by atoms with E-state index in [2.05, 4.69) is 5.32 Å². The van der Waals surface area contributed by atoms with Crippen molar-refractivity contribution in [2.24, 2.45) is 5.73 Å². The molecule has 0 heterocycles. The predicted molar refractivity (Wildman–Crippen MR) is 61.8 cm³/mol. The Bertz CT molecular complexity index is 464. The van der Waals surface area contributed by atoms with E-state index >= 15 is 0 Å². The van der Waals surface area contributed by atoms with E-state index < -0.39 is 23.7 Å². The van der Waals surface area contributed by atoms with E-state index in [-0.39, 0.29) is 17.9 Å². The van der Waals surface area contributed by atoms with Gasteiger partial charge in [-0.05, 0) is 12.1 Å². The fourth-order valence-corrected chi connectivity index (χ4v) is 1.24. The fourth-order valence-electron chi connectivity index (χ4n) is 1.24. The number of rotatable bonds is 5. The summed E-state index contributed by atoms with van der Waals surface area (Å²) in [6, 6.07) is 2.57. The van der Waals surface area contributed by atoms with Crippen LogP contribution in [0.1, 0.15) is 6.42 Å². The molecule has 0 aliphatic carbocycles. The SMILES string of the molecule is COc1ccc(NC(=O)CC(N)C(=O)O)cc1F. The molecule has 0 bridgehead atoms. The average Bonchev–Trinajstić information content (AvgIpc) is 2.28. The molecule has 0 saturated heterocycles. The molecule has 0 aliphatic rings. The molecule has 98 valence electrons. The lowest BCUT2D eigenvalue weighted by Crippen LogP contribution is -2.34. The molecule has 1 aromatic carbocycles. The first-order valence-corrected chi connectivity index (χ1v) is 5.06. The molecule has 7 heteroatoms. The number of hydrogen-bond donors (Lipinski definition) is 3. The summed E-state index contributed by atoms with van der Waals surface area (Å²) in [6.45, 7) is 0. The van der Waals surface area contributed by atoms with Crippen molar-refractivity contribution in [1.82, 2.24) is 0 Å². The standard InChI is InChI=1S/C11H13FN2O4/c1-18-9-3-2-6(4-7(9)12)14-10(15)5-8(13)11(16)17/h2-4,8H,5,13H2,1H3,(H,14,15)(H,16,17). The number of nitrogens with one attached hydrogen (secondary N) is 1. The summed E-state index contributed by atoms with van der Waals surface area (Å²) in [5, 5.41) is 10.9. The first kappa shape index (κ1) is 13.9. The lowest BCUT2D eigenvalue weighted by atomic mass is 10.2. The zero-order chi connectivity index (χ0) is 13.7. The Morgan fingerprint density at radius 3 is 2.72 bits per heavy atom. The molecule has 6 nitrogen and oxygen atoms in total. The van der Waals surface area contributed by atoms with Crippen LogP contribution in [-0.2, 0) is 9.59 Å². The number of hydrogen-bond acceptors (Lipinski definition) is 4. The second-order valence-corrected chi connectivity index (χ2v) is 3.55. The van der Waals surface area contributed by atoms with Gasteiger partial charge in [-0.15, -0.1) is 0 Å². The maximum atomic E-state index is 13.3. The maximum Gasteiger partial charge on any atom is 0.321 e. The van der Waals surface area contributed by atoms with Gasteiger partial charge in [-0.2, -0.15) is 0 Å². The molecule has 1 atom stereocenters. The zero-order valence-corrected chi connectivity index (χ0v) is 9.64. The number of amides is 1. The summed E-state index contributed by atoms with van der Waals surface area (Å²) < 4.78 is 18.0. The number of carbonyl (C=O) groups is 2. The predicted octanol–water partition coefficient (Wildman–Crippen LogP) is 0.575. The molecule has 0 fully saturated rings. The molecule has 0 aliphatic heterocycles. The van der Waals surface area contributed by atoms with Crippen molar-refractivity contribution in [2.75, 3.05) is 12.4 Å². The van der Waals surface area contributed by atoms with Crippen LogP contribution in [0.5, 0.6) is 5.75 Å². The van der Waals surface area contributed by atoms with Gasteiger partial charge < -0.3 is 20.9 Å². The Labute approximate surface area is 103 Å². The Morgan fingerprint density at radius 2 is 2.22 bits per heavy atom. The highest BCUT2D eigenvalue weighted by molar-refractivity contribution is 5.94. The summed E-state index contributed by atoms with van der Waals surface area (Å²) in [6.07, 6.45) is -0.386. The molecule has 1 unspecified atom stereocenters. The van der Waals surface area contributed by atoms with Crippen LogP contribution in [0, 0.1) is 5.82 Å². The van der Waals surface area contributed by atoms with E-state index in [9.17, 15) is 14.0 Å². The average molecular weight is 256 g/mol. The largest absolute Gasteiger partial charge is 0.494 e. The molecule has 18 heavy (non-hydrogen) atoms. The van der Waals surface area contributed by atoms with Crippen LogP contribution in [0.25, 0.3) is 0 Å². The van der Waals surface area contributed by atoms with Crippen molar-refractivity contribution in [1.29, 1.82) is 0 Å². The van der Waals surface area contributed by atoms with E-state index in [1.165, 1.54) is 19.2 Å². The van der Waals surface area contributed by atoms with Crippen LogP contribution in [0.4, 0.5) is 10.1 Å². The van der Waals surface area contributed by atoms with Crippen molar-refractivity contribution in [3.63, 3.8) is 0 Å². The minimum Gasteiger partial charge on any atom is -0.494 e. The lowest BCUT2D eigenvalue weighted by Gasteiger charge is -2.09. The number of halogens is 1. The minimum absolute atomic E-state index is 0.0511. The van der Waals surface area contributed by atoms with Crippen LogP contribution < -0.4 is 15.8 Å². The molecular formula is C11H13FN2O4. The molecule has 1 rings (SSSR count). The second-order valence-electron chi connectivity index (χ2n) is 3.55. The molecule has 0 spiro atoms. The minimum atomic E-state index is -1.28. The van der Waals surface area contributed by atoms with E-state index in [4.69, 9.17) is 15.6 Å². The van der Waals surface area contributed by atoms with Gasteiger partial charge in [-0.1, -0.05) is 0 Å². The van der Waals surface area contributed by atoms with Gasteiger partial charge in [0, 0.05) is 11.8 Å². The third-order valence-electron chi connectivity index (χ3n) is 2.16. The van der Waals surface area contributed by atoms with Gasteiger partial charge in [-0.25, -0.2) is 4.39 Å². The van der Waals surface area contributed by atoms with Gasteiger partial charge >= 0.3 is 5.97 Å². The monoisotopic (exact) mass is 256 g/mol. The summed E-state index contributed by atoms with van der Waals surface area (Å²) >= 11 is 0. The number of nitrogens with two attached hydrogens (primary N) is 1. The summed E-state index contributed by atoms with van der Waals surface area (Å²) in [5.41, 5.74) is 5.40. The number of methoxy groups -OCH3 is 1.